The van der Waals surface area contributed by atoms with Crippen LogP contribution in [0.25, 0.3) is 6.08 Å². The maximum Gasteiger partial charge on any atom is 0.257 e. The van der Waals surface area contributed by atoms with Gasteiger partial charge in [-0.2, -0.15) is 0 Å². The minimum absolute atomic E-state index is 0.463. The van der Waals surface area contributed by atoms with Crippen molar-refractivity contribution in [3.63, 3.8) is 0 Å². The molecule has 0 radical (unpaired) electrons. The fourth-order valence-corrected chi connectivity index (χ4v) is 4.78. The second kappa shape index (κ2) is 10.6. The first-order chi connectivity index (χ1) is 14.3. The van der Waals surface area contributed by atoms with Gasteiger partial charge in [-0.15, -0.1) is 0 Å². The highest BCUT2D eigenvalue weighted by molar-refractivity contribution is 14.1. The molecule has 3 rings (SSSR count). The van der Waals surface area contributed by atoms with E-state index in [0.717, 1.165) is 10.7 Å². The highest BCUT2D eigenvalue weighted by Crippen LogP contribution is 2.23. The van der Waals surface area contributed by atoms with E-state index in [9.17, 15) is 14.7 Å². The van der Waals surface area contributed by atoms with Gasteiger partial charge in [0.1, 0.15) is 11.5 Å². The molecular weight excluding hydrogens is 723 g/mol. The number of carboxylic acid groups (broad SMARTS) is 1. The quantitative estimate of drug-likeness (QED) is 0.166. The third kappa shape index (κ3) is 6.67. The van der Waals surface area contributed by atoms with Crippen LogP contribution < -0.4 is 15.2 Å². The molecule has 0 bridgehead atoms. The number of hydrogen-bond donors (Lipinski definition) is 1. The van der Waals surface area contributed by atoms with Gasteiger partial charge in [0.05, 0.1) is 11.5 Å². The average Bonchev–Trinajstić information content (AvgIpc) is 2.68. The van der Waals surface area contributed by atoms with Crippen molar-refractivity contribution in [2.24, 2.45) is 0 Å². The van der Waals surface area contributed by atoms with Gasteiger partial charge in [-0.05, 0) is 134 Å². The largest absolute Gasteiger partial charge is 0.545 e. The average molecular weight is 736 g/mol. The van der Waals surface area contributed by atoms with Gasteiger partial charge in [-0.3, -0.25) is 4.79 Å². The van der Waals surface area contributed by atoms with Crippen LogP contribution in [0, 0.1) is 10.7 Å². The Bertz CT molecular complexity index is 1090. The molecule has 0 saturated carbocycles. The van der Waals surface area contributed by atoms with Crippen molar-refractivity contribution >= 4 is 91.4 Å². The van der Waals surface area contributed by atoms with Gasteiger partial charge in [-0.1, -0.05) is 12.1 Å². The Morgan fingerprint density at radius 2 is 1.33 bits per heavy atom. The van der Waals surface area contributed by atoms with Gasteiger partial charge < -0.3 is 20.0 Å². The number of carboxylic acids is 1. The van der Waals surface area contributed by atoms with Crippen molar-refractivity contribution in [3.8, 4) is 11.5 Å². The second-order valence-electron chi connectivity index (χ2n) is 6.08. The number of hydrogen-bond acceptors (Lipinski definition) is 4. The predicted molar refractivity (Wildman–Crippen MR) is 139 cm³/mol. The molecule has 0 heterocycles. The summed E-state index contributed by atoms with van der Waals surface area (Å²) in [4.78, 5) is 24.0. The Kier molecular flexibility index (Phi) is 8.11. The van der Waals surface area contributed by atoms with Crippen molar-refractivity contribution in [2.75, 3.05) is 5.32 Å². The fourth-order valence-electron chi connectivity index (χ4n) is 2.48. The molecule has 0 aliphatic rings. The number of carbonyl (C=O) groups is 2. The topological polar surface area (TPSA) is 78.5 Å². The Morgan fingerprint density at radius 1 is 0.800 bits per heavy atom. The smallest absolute Gasteiger partial charge is 0.257 e. The number of ether oxygens (including phenoxy) is 1. The van der Waals surface area contributed by atoms with Crippen LogP contribution >= 0.6 is 67.8 Å². The van der Waals surface area contributed by atoms with E-state index in [4.69, 9.17) is 4.74 Å². The van der Waals surface area contributed by atoms with Crippen LogP contribution in [0.1, 0.15) is 5.56 Å². The summed E-state index contributed by atoms with van der Waals surface area (Å²) in [6, 6.07) is 19.8. The van der Waals surface area contributed by atoms with Crippen molar-refractivity contribution in [1.29, 1.82) is 0 Å². The Labute approximate surface area is 214 Å². The molecule has 0 unspecified atom stereocenters. The molecule has 152 valence electrons. The summed E-state index contributed by atoms with van der Waals surface area (Å²) in [5, 5.41) is 14.1. The van der Waals surface area contributed by atoms with E-state index < -0.39 is 17.4 Å². The van der Waals surface area contributed by atoms with Crippen molar-refractivity contribution in [2.45, 2.75) is 0 Å². The van der Waals surface area contributed by atoms with Gasteiger partial charge in [0.15, 0.2) is 0 Å². The number of amides is 1. The van der Waals surface area contributed by atoms with Crippen LogP contribution in [0.2, 0.25) is 0 Å². The first kappa shape index (κ1) is 23.0. The van der Waals surface area contributed by atoms with E-state index in [2.05, 4.69) is 73.1 Å². The van der Waals surface area contributed by atoms with E-state index in [1.165, 1.54) is 6.08 Å². The summed E-state index contributed by atoms with van der Waals surface area (Å²) < 4.78 is 8.72. The minimum Gasteiger partial charge on any atom is -0.545 e. The SMILES string of the molecule is O=C([O-])/C(=C/c1ccc(Oc2ccc(I)cc2)cc1)C(=O)Nc1cc(I)cc(I)c1. The summed E-state index contributed by atoms with van der Waals surface area (Å²) in [7, 11) is 0. The van der Waals surface area contributed by atoms with Crippen LogP contribution in [0.15, 0.2) is 72.3 Å². The molecule has 0 aromatic heterocycles. The monoisotopic (exact) mass is 736 g/mol. The Hall–Kier alpha value is -1.67. The summed E-state index contributed by atoms with van der Waals surface area (Å²) in [5.74, 6) is -0.999. The fraction of sp³-hybridized carbons (Fsp3) is 0. The van der Waals surface area contributed by atoms with Crippen molar-refractivity contribution in [3.05, 3.63) is 88.6 Å². The molecule has 0 saturated heterocycles. The molecule has 0 aliphatic heterocycles. The molecule has 1 N–H and O–H groups in total. The van der Waals surface area contributed by atoms with Crippen LogP contribution in [-0.4, -0.2) is 11.9 Å². The van der Waals surface area contributed by atoms with Crippen molar-refractivity contribution in [1.82, 2.24) is 0 Å². The van der Waals surface area contributed by atoms with E-state index in [-0.39, 0.29) is 0 Å². The van der Waals surface area contributed by atoms with Gasteiger partial charge in [-0.25, -0.2) is 0 Å². The molecule has 30 heavy (non-hydrogen) atoms. The molecule has 0 fully saturated rings. The number of halogens is 3. The van der Waals surface area contributed by atoms with E-state index in [1.54, 1.807) is 36.4 Å². The first-order valence-corrected chi connectivity index (χ1v) is 11.8. The highest BCUT2D eigenvalue weighted by Gasteiger charge is 2.12. The van der Waals surface area contributed by atoms with E-state index in [0.29, 0.717) is 22.7 Å². The maximum absolute atomic E-state index is 12.5. The van der Waals surface area contributed by atoms with Gasteiger partial charge in [0.25, 0.3) is 5.91 Å². The third-order valence-corrected chi connectivity index (χ3v) is 5.79. The second-order valence-corrected chi connectivity index (χ2v) is 9.82. The molecule has 5 nitrogen and oxygen atoms in total. The zero-order valence-corrected chi connectivity index (χ0v) is 21.7. The predicted octanol–water partition coefficient (Wildman–Crippen LogP) is 5.06. The standard InChI is InChI=1S/C22H14I3NO4/c23-14-3-7-19(8-4-14)30-18-5-1-13(2-6-18)9-20(22(28)29)21(27)26-17-11-15(24)10-16(25)12-17/h1-12H,(H,26,27)(H,28,29)/p-1/b20-9+. The zero-order valence-electron chi connectivity index (χ0n) is 15.2. The van der Waals surface area contributed by atoms with Crippen LogP contribution in [0.3, 0.4) is 0 Å². The van der Waals surface area contributed by atoms with Gasteiger partial charge in [0, 0.05) is 16.4 Å². The van der Waals surface area contributed by atoms with Crippen LogP contribution in [0.4, 0.5) is 5.69 Å². The summed E-state index contributed by atoms with van der Waals surface area (Å²) >= 11 is 6.47. The number of aliphatic carboxylic acids is 1. The summed E-state index contributed by atoms with van der Waals surface area (Å²) in [6.45, 7) is 0. The van der Waals surface area contributed by atoms with E-state index in [1.807, 2.05) is 30.3 Å². The van der Waals surface area contributed by atoms with Crippen LogP contribution in [-0.2, 0) is 9.59 Å². The van der Waals surface area contributed by atoms with E-state index >= 15 is 0 Å². The highest BCUT2D eigenvalue weighted by atomic mass is 127. The number of benzene rings is 3. The molecule has 3 aromatic rings. The molecule has 0 spiro atoms. The molecular formula is C22H13I3NO4-. The lowest BCUT2D eigenvalue weighted by atomic mass is 10.1. The number of carbonyl (C=O) groups excluding carboxylic acids is 2. The minimum atomic E-state index is -1.55. The maximum atomic E-state index is 12.5. The zero-order chi connectivity index (χ0) is 21.7. The number of rotatable bonds is 6. The van der Waals surface area contributed by atoms with Gasteiger partial charge >= 0.3 is 0 Å². The lowest BCUT2D eigenvalue weighted by Gasteiger charge is -2.11. The van der Waals surface area contributed by atoms with Crippen molar-refractivity contribution < 1.29 is 19.4 Å². The summed E-state index contributed by atoms with van der Waals surface area (Å²) in [6.07, 6.45) is 1.28. The Balaban J connectivity index is 1.76. The Morgan fingerprint density at radius 3 is 1.87 bits per heavy atom. The molecule has 8 heteroatoms. The number of nitrogens with one attached hydrogen (secondary N) is 1. The molecule has 1 amide bonds. The third-order valence-electron chi connectivity index (χ3n) is 3.83. The normalized spacial score (nSPS) is 11.1. The lowest BCUT2D eigenvalue weighted by molar-refractivity contribution is -0.298. The van der Waals surface area contributed by atoms with Gasteiger partial charge in [0.2, 0.25) is 0 Å². The number of anilines is 1. The molecule has 0 atom stereocenters. The first-order valence-electron chi connectivity index (χ1n) is 8.54. The van der Waals surface area contributed by atoms with Crippen LogP contribution in [0.5, 0.6) is 11.5 Å². The molecule has 0 aliphatic carbocycles. The summed E-state index contributed by atoms with van der Waals surface area (Å²) in [5.41, 5.74) is 0.594. The lowest BCUT2D eigenvalue weighted by Crippen LogP contribution is -2.31. The molecule has 3 aromatic carbocycles.